The molecule has 18 heavy (non-hydrogen) atoms. The Balaban J connectivity index is 2.32. The lowest BCUT2D eigenvalue weighted by molar-refractivity contribution is 0.648. The van der Waals surface area contributed by atoms with Gasteiger partial charge in [0.15, 0.2) is 0 Å². The third kappa shape index (κ3) is 2.85. The topological polar surface area (TPSA) is 26.0 Å². The molecule has 0 bridgehead atoms. The van der Waals surface area contributed by atoms with Crippen molar-refractivity contribution in [3.63, 3.8) is 0 Å². The molecule has 1 aromatic heterocycles. The van der Waals surface area contributed by atoms with Crippen LogP contribution in [0.15, 0.2) is 34.8 Å². The molecule has 2 N–H and O–H groups in total. The monoisotopic (exact) mass is 323 g/mol. The Bertz CT molecular complexity index is 533. The van der Waals surface area contributed by atoms with E-state index in [9.17, 15) is 0 Å². The van der Waals surface area contributed by atoms with Crippen LogP contribution >= 0.6 is 27.3 Å². The molecule has 0 radical (unpaired) electrons. The van der Waals surface area contributed by atoms with E-state index in [0.29, 0.717) is 0 Å². The molecule has 0 aliphatic rings. The molecule has 0 aliphatic carbocycles. The first-order valence-electron chi connectivity index (χ1n) is 6.24. The molecule has 0 fully saturated rings. The highest BCUT2D eigenvalue weighted by Gasteiger charge is 2.11. The third-order valence-electron chi connectivity index (χ3n) is 3.13. The highest BCUT2D eigenvalue weighted by atomic mass is 79.9. The average Bonchev–Trinajstić information content (AvgIpc) is 2.82. The molecule has 0 spiro atoms. The molecule has 3 heteroatoms. The van der Waals surface area contributed by atoms with E-state index in [1.807, 2.05) is 11.3 Å². The van der Waals surface area contributed by atoms with E-state index in [-0.39, 0.29) is 6.04 Å². The second-order valence-electron chi connectivity index (χ2n) is 4.51. The van der Waals surface area contributed by atoms with Crippen LogP contribution in [0.2, 0.25) is 0 Å². The summed E-state index contributed by atoms with van der Waals surface area (Å²) in [5.41, 5.74) is 8.75. The second-order valence-corrected chi connectivity index (χ2v) is 6.48. The van der Waals surface area contributed by atoms with Gasteiger partial charge in [0.1, 0.15) is 0 Å². The van der Waals surface area contributed by atoms with Crippen LogP contribution in [-0.2, 0) is 0 Å². The van der Waals surface area contributed by atoms with Gasteiger partial charge in [-0.2, -0.15) is 0 Å². The Morgan fingerprint density at radius 2 is 2.06 bits per heavy atom. The summed E-state index contributed by atoms with van der Waals surface area (Å²) in [6.07, 6.45) is 2.18. The largest absolute Gasteiger partial charge is 0.323 e. The molecule has 1 heterocycles. The lowest BCUT2D eigenvalue weighted by Crippen LogP contribution is -2.07. The van der Waals surface area contributed by atoms with Gasteiger partial charge >= 0.3 is 0 Å². The van der Waals surface area contributed by atoms with E-state index in [2.05, 4.69) is 60.1 Å². The smallest absolute Gasteiger partial charge is 0.0389 e. The van der Waals surface area contributed by atoms with Crippen LogP contribution in [0, 0.1) is 6.92 Å². The van der Waals surface area contributed by atoms with Gasteiger partial charge in [-0.15, -0.1) is 11.3 Å². The summed E-state index contributed by atoms with van der Waals surface area (Å²) >= 11 is 5.39. The van der Waals surface area contributed by atoms with Gasteiger partial charge in [0, 0.05) is 20.3 Å². The first-order chi connectivity index (χ1) is 8.63. The SMILES string of the molecule is CCCC(N)c1ccc(-c2cccc(Br)c2C)s1. The molecule has 1 unspecified atom stereocenters. The number of rotatable bonds is 4. The zero-order valence-corrected chi connectivity index (χ0v) is 13.1. The molecule has 0 aliphatic heterocycles. The zero-order valence-electron chi connectivity index (χ0n) is 10.7. The van der Waals surface area contributed by atoms with Crippen LogP contribution in [0.4, 0.5) is 0 Å². The van der Waals surface area contributed by atoms with Crippen molar-refractivity contribution in [3.8, 4) is 10.4 Å². The molecule has 2 aromatic rings. The van der Waals surface area contributed by atoms with Crippen molar-refractivity contribution in [2.75, 3.05) is 0 Å². The maximum Gasteiger partial charge on any atom is 0.0389 e. The van der Waals surface area contributed by atoms with Crippen molar-refractivity contribution < 1.29 is 0 Å². The molecule has 1 aromatic carbocycles. The Morgan fingerprint density at radius 3 is 2.78 bits per heavy atom. The van der Waals surface area contributed by atoms with Gasteiger partial charge in [-0.3, -0.25) is 0 Å². The standard InChI is InChI=1S/C15H18BrNS/c1-3-5-13(17)15-9-8-14(18-15)11-6-4-7-12(16)10(11)2/h4,6-9,13H,3,5,17H2,1-2H3. The van der Waals surface area contributed by atoms with Crippen molar-refractivity contribution in [3.05, 3.63) is 45.2 Å². The predicted octanol–water partition coefficient (Wildman–Crippen LogP) is 5.29. The number of hydrogen-bond acceptors (Lipinski definition) is 2. The van der Waals surface area contributed by atoms with Crippen LogP contribution < -0.4 is 5.73 Å². The fourth-order valence-corrected chi connectivity index (χ4v) is 3.52. The molecule has 2 rings (SSSR count). The van der Waals surface area contributed by atoms with Gasteiger partial charge in [0.2, 0.25) is 0 Å². The maximum atomic E-state index is 6.17. The summed E-state index contributed by atoms with van der Waals surface area (Å²) in [5.74, 6) is 0. The Morgan fingerprint density at radius 1 is 1.28 bits per heavy atom. The first kappa shape index (κ1) is 13.8. The zero-order chi connectivity index (χ0) is 13.1. The number of nitrogens with two attached hydrogens (primary N) is 1. The van der Waals surface area contributed by atoms with Crippen LogP contribution in [0.3, 0.4) is 0 Å². The van der Waals surface area contributed by atoms with Gasteiger partial charge in [-0.05, 0) is 42.7 Å². The fourth-order valence-electron chi connectivity index (χ4n) is 2.02. The minimum Gasteiger partial charge on any atom is -0.323 e. The average molecular weight is 324 g/mol. The van der Waals surface area contributed by atoms with E-state index in [0.717, 1.165) is 17.3 Å². The number of thiophene rings is 1. The summed E-state index contributed by atoms with van der Waals surface area (Å²) in [5, 5.41) is 0. The molecular formula is C15H18BrNS. The highest BCUT2D eigenvalue weighted by molar-refractivity contribution is 9.10. The van der Waals surface area contributed by atoms with E-state index in [1.54, 1.807) is 0 Å². The summed E-state index contributed by atoms with van der Waals surface area (Å²) in [7, 11) is 0. The molecule has 0 saturated heterocycles. The van der Waals surface area contributed by atoms with Crippen LogP contribution in [0.5, 0.6) is 0 Å². The van der Waals surface area contributed by atoms with Crippen LogP contribution in [0.1, 0.15) is 36.2 Å². The Hall–Kier alpha value is -0.640. The minimum absolute atomic E-state index is 0.182. The van der Waals surface area contributed by atoms with E-state index in [4.69, 9.17) is 5.73 Å². The van der Waals surface area contributed by atoms with Crippen molar-refractivity contribution in [1.82, 2.24) is 0 Å². The van der Waals surface area contributed by atoms with E-state index in [1.165, 1.54) is 20.9 Å². The summed E-state index contributed by atoms with van der Waals surface area (Å²) in [6.45, 7) is 4.32. The molecule has 0 saturated carbocycles. The molecule has 1 atom stereocenters. The summed E-state index contributed by atoms with van der Waals surface area (Å²) < 4.78 is 1.16. The predicted molar refractivity (Wildman–Crippen MR) is 84.0 cm³/mol. The number of halogens is 1. The fraction of sp³-hybridized carbons (Fsp3) is 0.333. The van der Waals surface area contributed by atoms with Crippen molar-refractivity contribution in [1.29, 1.82) is 0 Å². The second kappa shape index (κ2) is 6.00. The minimum atomic E-state index is 0.182. The van der Waals surface area contributed by atoms with Gasteiger partial charge in [-0.1, -0.05) is 41.4 Å². The molecular weight excluding hydrogens is 306 g/mol. The van der Waals surface area contributed by atoms with Gasteiger partial charge in [0.25, 0.3) is 0 Å². The normalized spacial score (nSPS) is 12.7. The van der Waals surface area contributed by atoms with Crippen molar-refractivity contribution >= 4 is 27.3 Å². The number of hydrogen-bond donors (Lipinski definition) is 1. The lowest BCUT2D eigenvalue weighted by Gasteiger charge is -2.07. The van der Waals surface area contributed by atoms with E-state index < -0.39 is 0 Å². The molecule has 0 amide bonds. The maximum absolute atomic E-state index is 6.17. The van der Waals surface area contributed by atoms with Crippen LogP contribution in [-0.4, -0.2) is 0 Å². The van der Waals surface area contributed by atoms with Crippen LogP contribution in [0.25, 0.3) is 10.4 Å². The highest BCUT2D eigenvalue weighted by Crippen LogP contribution is 2.35. The van der Waals surface area contributed by atoms with E-state index >= 15 is 0 Å². The van der Waals surface area contributed by atoms with Crippen molar-refractivity contribution in [2.45, 2.75) is 32.7 Å². The lowest BCUT2D eigenvalue weighted by atomic mass is 10.1. The number of benzene rings is 1. The first-order valence-corrected chi connectivity index (χ1v) is 7.85. The quantitative estimate of drug-likeness (QED) is 0.813. The van der Waals surface area contributed by atoms with Crippen molar-refractivity contribution in [2.24, 2.45) is 5.73 Å². The Labute approximate surface area is 121 Å². The summed E-state index contributed by atoms with van der Waals surface area (Å²) in [6, 6.07) is 10.9. The van der Waals surface area contributed by atoms with Gasteiger partial charge in [-0.25, -0.2) is 0 Å². The third-order valence-corrected chi connectivity index (χ3v) is 5.23. The Kier molecular flexibility index (Phi) is 4.60. The molecule has 1 nitrogen and oxygen atoms in total. The van der Waals surface area contributed by atoms with Gasteiger partial charge in [0.05, 0.1) is 0 Å². The van der Waals surface area contributed by atoms with Gasteiger partial charge < -0.3 is 5.73 Å². The summed E-state index contributed by atoms with van der Waals surface area (Å²) in [4.78, 5) is 2.58. The molecule has 96 valence electrons.